The number of para-hydroxylation sites is 8. The van der Waals surface area contributed by atoms with Crippen molar-refractivity contribution in [1.29, 1.82) is 0 Å². The van der Waals surface area contributed by atoms with Crippen LogP contribution in [0.15, 0.2) is 289 Å². The molecule has 7 heteroatoms. The van der Waals surface area contributed by atoms with Gasteiger partial charge in [-0.25, -0.2) is 0 Å². The van der Waals surface area contributed by atoms with Gasteiger partial charge in [0.05, 0.1) is 33.6 Å². The number of hydrogen-bond donors (Lipinski definition) is 0. The zero-order valence-corrected chi connectivity index (χ0v) is 52.8. The lowest BCUT2D eigenvalue weighted by Crippen LogP contribution is -2.29. The lowest BCUT2D eigenvalue weighted by Gasteiger charge is -2.36. The number of nitrogens with zero attached hydrogens (tertiary/aromatic N) is 2. The minimum absolute atomic E-state index is 0.118. The topological polar surface area (TPSA) is 72.2 Å². The van der Waals surface area contributed by atoms with Crippen LogP contribution in [0.5, 0.6) is 0 Å². The molecule has 0 spiro atoms. The fourth-order valence-corrected chi connectivity index (χ4v) is 15.6. The van der Waals surface area contributed by atoms with Crippen molar-refractivity contribution in [2.75, 3.05) is 9.80 Å². The molecule has 1 atom stereocenters. The molecule has 0 fully saturated rings. The minimum Gasteiger partial charge on any atom is -0.456 e. The quantitative estimate of drug-likeness (QED) is 0.150. The number of rotatable bonds is 8. The molecular weight excluding hydrogens is 1150 g/mol. The van der Waals surface area contributed by atoms with E-state index in [1.165, 1.54) is 11.1 Å². The minimum atomic E-state index is -1.12. The summed E-state index contributed by atoms with van der Waals surface area (Å²) in [6, 6.07) is 96.3. The highest BCUT2D eigenvalue weighted by Gasteiger charge is 2.51. The Morgan fingerprint density at radius 3 is 1.26 bits per heavy atom. The number of fused-ring (bicyclic) bond motifs is 20. The van der Waals surface area contributed by atoms with Gasteiger partial charge in [-0.15, -0.1) is 0 Å². The molecule has 1 unspecified atom stereocenters. The van der Waals surface area contributed by atoms with Crippen LogP contribution in [0.4, 0.5) is 34.1 Å². The van der Waals surface area contributed by atoms with E-state index in [0.717, 1.165) is 177 Å². The standard InChI is InChI=1S/C87H62N2O5/c1-85(2,3)51-39-41-52(42-40-51)87(54-44-46-76-64(48-54)63-47-53(86(4,5)6)43-45-75(63)90-76)65-50-70(89(56-25-11-8-12-26-56)68-34-22-32-60-58-28-14-18-36-72(58)92-82(60)68)83-78(62-30-16-20-38-74(62)93-83)79(65)80-66(87)49-69(77-61-29-15-19-37-73(61)94-84(77)80)88(55-23-9-7-10-24-55)67-33-21-31-59-57-27-13-17-35-71(57)91-81(59)67/h7-50H,1-6H3. The van der Waals surface area contributed by atoms with Crippen molar-refractivity contribution >= 4 is 144 Å². The van der Waals surface area contributed by atoms with E-state index in [9.17, 15) is 0 Å². The second-order valence-electron chi connectivity index (χ2n) is 27.4. The van der Waals surface area contributed by atoms with Crippen LogP contribution in [0.2, 0.25) is 0 Å². The van der Waals surface area contributed by atoms with Crippen LogP contribution in [-0.2, 0) is 16.2 Å². The molecule has 0 saturated carbocycles. The number of hydrogen-bond acceptors (Lipinski definition) is 7. The second-order valence-corrected chi connectivity index (χ2v) is 27.4. The predicted octanol–water partition coefficient (Wildman–Crippen LogP) is 25.1. The van der Waals surface area contributed by atoms with Gasteiger partial charge >= 0.3 is 0 Å². The van der Waals surface area contributed by atoms with Gasteiger partial charge in [0, 0.05) is 71.0 Å². The van der Waals surface area contributed by atoms with E-state index in [-0.39, 0.29) is 10.8 Å². The largest absolute Gasteiger partial charge is 0.456 e. The first-order chi connectivity index (χ1) is 45.9. The molecule has 0 saturated heterocycles. The molecule has 1 aliphatic carbocycles. The lowest BCUT2D eigenvalue weighted by atomic mass is 9.66. The van der Waals surface area contributed by atoms with Gasteiger partial charge in [0.15, 0.2) is 16.7 Å². The van der Waals surface area contributed by atoms with Gasteiger partial charge in [0.25, 0.3) is 0 Å². The lowest BCUT2D eigenvalue weighted by molar-refractivity contribution is 0.589. The maximum Gasteiger partial charge on any atom is 0.160 e. The molecule has 13 aromatic carbocycles. The van der Waals surface area contributed by atoms with E-state index >= 15 is 0 Å². The highest BCUT2D eigenvalue weighted by atomic mass is 16.3. The molecule has 0 aliphatic heterocycles. The van der Waals surface area contributed by atoms with E-state index < -0.39 is 5.41 Å². The summed E-state index contributed by atoms with van der Waals surface area (Å²) < 4.78 is 36.4. The predicted molar refractivity (Wildman–Crippen MR) is 387 cm³/mol. The summed E-state index contributed by atoms with van der Waals surface area (Å²) in [5.74, 6) is 0. The van der Waals surface area contributed by atoms with Crippen LogP contribution in [0.3, 0.4) is 0 Å². The van der Waals surface area contributed by atoms with Gasteiger partial charge < -0.3 is 31.9 Å². The average Bonchev–Trinajstić information content (AvgIpc) is 1.50. The van der Waals surface area contributed by atoms with Crippen LogP contribution in [0, 0.1) is 0 Å². The first kappa shape index (κ1) is 54.2. The zero-order valence-electron chi connectivity index (χ0n) is 52.8. The molecule has 19 rings (SSSR count). The van der Waals surface area contributed by atoms with E-state index in [1.807, 2.05) is 12.1 Å². The monoisotopic (exact) mass is 1210 g/mol. The Bertz CT molecular complexity index is 6140. The van der Waals surface area contributed by atoms with E-state index in [4.69, 9.17) is 22.1 Å². The molecule has 0 N–H and O–H groups in total. The van der Waals surface area contributed by atoms with Crippen molar-refractivity contribution < 1.29 is 22.1 Å². The van der Waals surface area contributed by atoms with E-state index in [2.05, 4.69) is 306 Å². The van der Waals surface area contributed by atoms with Gasteiger partial charge in [0.2, 0.25) is 0 Å². The van der Waals surface area contributed by atoms with E-state index in [1.54, 1.807) is 0 Å². The van der Waals surface area contributed by atoms with Crippen LogP contribution in [0.1, 0.15) is 74.9 Å². The van der Waals surface area contributed by atoms with Crippen molar-refractivity contribution in [1.82, 2.24) is 0 Å². The molecule has 0 amide bonds. The Labute approximate surface area is 541 Å². The van der Waals surface area contributed by atoms with Gasteiger partial charge in [-0.2, -0.15) is 0 Å². The third-order valence-electron chi connectivity index (χ3n) is 20.0. The fourth-order valence-electron chi connectivity index (χ4n) is 15.6. The average molecular weight is 1220 g/mol. The van der Waals surface area contributed by atoms with Crippen molar-refractivity contribution in [2.24, 2.45) is 0 Å². The zero-order chi connectivity index (χ0) is 62.9. The maximum atomic E-state index is 7.75. The summed E-state index contributed by atoms with van der Waals surface area (Å²) in [5, 5.41) is 10.2. The number of benzene rings is 13. The van der Waals surface area contributed by atoms with Gasteiger partial charge in [0.1, 0.15) is 39.1 Å². The van der Waals surface area contributed by atoms with Crippen LogP contribution in [0.25, 0.3) is 121 Å². The number of anilines is 6. The summed E-state index contributed by atoms with van der Waals surface area (Å²) in [4.78, 5) is 4.77. The van der Waals surface area contributed by atoms with Crippen molar-refractivity contribution in [2.45, 2.75) is 57.8 Å². The molecule has 18 aromatic rings. The second kappa shape index (κ2) is 19.7. The Morgan fingerprint density at radius 2 is 0.681 bits per heavy atom. The first-order valence-corrected chi connectivity index (χ1v) is 32.5. The normalized spacial score (nSPS) is 14.3. The fraction of sp³-hybridized carbons (Fsp3) is 0.103. The molecule has 0 bridgehead atoms. The molecule has 94 heavy (non-hydrogen) atoms. The third-order valence-corrected chi connectivity index (χ3v) is 20.0. The molecule has 1 aliphatic rings. The summed E-state index contributed by atoms with van der Waals surface area (Å²) in [5.41, 5.74) is 20.7. The SMILES string of the molecule is CC(C)(C)c1ccc(C2(c3ccc4oc5ccc(C(C)(C)C)cc5c4c3)c3cc(N(c4ccccc4)c4cccc5c4oc4ccccc45)c4c(oc5ccccc54)c3-c3c2cc(N(c2ccccc2)c2cccc4c2oc2ccccc24)c2oc4ccccc4c32)cc1. The van der Waals surface area contributed by atoms with Crippen LogP contribution >= 0.6 is 0 Å². The Kier molecular flexibility index (Phi) is 11.4. The third kappa shape index (κ3) is 7.72. The summed E-state index contributed by atoms with van der Waals surface area (Å²) in [6.45, 7) is 13.7. The van der Waals surface area contributed by atoms with Gasteiger partial charge in [-0.1, -0.05) is 211 Å². The van der Waals surface area contributed by atoms with Crippen LogP contribution < -0.4 is 9.80 Å². The highest BCUT2D eigenvalue weighted by molar-refractivity contribution is 6.27. The summed E-state index contributed by atoms with van der Waals surface area (Å²) in [7, 11) is 0. The molecule has 450 valence electrons. The molecule has 7 nitrogen and oxygen atoms in total. The van der Waals surface area contributed by atoms with Crippen molar-refractivity contribution in [3.63, 3.8) is 0 Å². The van der Waals surface area contributed by atoms with Gasteiger partial charge in [-0.05, 0) is 141 Å². The molecule has 0 radical (unpaired) electrons. The van der Waals surface area contributed by atoms with E-state index in [0.29, 0.717) is 0 Å². The maximum absolute atomic E-state index is 7.75. The van der Waals surface area contributed by atoms with Crippen LogP contribution in [-0.4, -0.2) is 0 Å². The smallest absolute Gasteiger partial charge is 0.160 e. The molecular formula is C87H62N2O5. The highest BCUT2D eigenvalue weighted by Crippen LogP contribution is 2.65. The molecule has 5 aromatic heterocycles. The molecule has 5 heterocycles. The Hall–Kier alpha value is -11.5. The van der Waals surface area contributed by atoms with Crippen molar-refractivity contribution in [3.05, 3.63) is 300 Å². The summed E-state index contributed by atoms with van der Waals surface area (Å²) in [6.07, 6.45) is 0. The first-order valence-electron chi connectivity index (χ1n) is 32.5. The Balaban J connectivity index is 1.04. The number of furan rings is 5. The Morgan fingerprint density at radius 1 is 0.266 bits per heavy atom. The summed E-state index contributed by atoms with van der Waals surface area (Å²) >= 11 is 0. The van der Waals surface area contributed by atoms with Gasteiger partial charge in [-0.3, -0.25) is 0 Å². The van der Waals surface area contributed by atoms with Crippen molar-refractivity contribution in [3.8, 4) is 11.1 Å².